The summed E-state index contributed by atoms with van der Waals surface area (Å²) in [6.45, 7) is 1.80. The molecule has 2 nitrogen and oxygen atoms in total. The third-order valence-corrected chi connectivity index (χ3v) is 4.26. The van der Waals surface area contributed by atoms with E-state index in [9.17, 15) is 8.78 Å². The molecule has 0 unspecified atom stereocenters. The highest BCUT2D eigenvalue weighted by Crippen LogP contribution is 2.26. The average molecular weight is 381 g/mol. The van der Waals surface area contributed by atoms with Crippen molar-refractivity contribution in [3.63, 3.8) is 0 Å². The minimum absolute atomic E-state index is 0.0524. The molecule has 0 aliphatic heterocycles. The lowest BCUT2D eigenvalue weighted by Crippen LogP contribution is -1.97. The predicted molar refractivity (Wildman–Crippen MR) is 74.9 cm³/mol. The van der Waals surface area contributed by atoms with Crippen LogP contribution in [0.5, 0.6) is 0 Å². The molecule has 2 aromatic rings. The van der Waals surface area contributed by atoms with Crippen LogP contribution in [-0.4, -0.2) is 9.97 Å². The molecule has 6 heteroatoms. The fourth-order valence-electron chi connectivity index (χ4n) is 1.47. The molecular weight excluding hydrogens is 372 g/mol. The first-order valence-corrected chi connectivity index (χ1v) is 6.53. The van der Waals surface area contributed by atoms with Gasteiger partial charge in [0.2, 0.25) is 0 Å². The van der Waals surface area contributed by atoms with Crippen molar-refractivity contribution < 1.29 is 8.78 Å². The summed E-state index contributed by atoms with van der Waals surface area (Å²) in [5.41, 5.74) is 1.21. The van der Waals surface area contributed by atoms with E-state index in [2.05, 4.69) is 9.97 Å². The van der Waals surface area contributed by atoms with Crippen molar-refractivity contribution in [3.8, 4) is 11.4 Å². The van der Waals surface area contributed by atoms with Crippen molar-refractivity contribution in [2.75, 3.05) is 0 Å². The second kappa shape index (κ2) is 5.44. The molecule has 18 heavy (non-hydrogen) atoms. The van der Waals surface area contributed by atoms with Crippen LogP contribution >= 0.6 is 34.2 Å². The standard InChI is InChI=1S/C12H8ClF2IN2/c1-6-9(16)10(13)18-12(17-6)8-4-2-3-7(5-8)11(14)15/h2-5,11H,1H3. The summed E-state index contributed by atoms with van der Waals surface area (Å²) in [4.78, 5) is 8.36. The first kappa shape index (κ1) is 13.6. The molecule has 0 radical (unpaired) electrons. The zero-order valence-corrected chi connectivity index (χ0v) is 12.2. The number of benzene rings is 1. The minimum Gasteiger partial charge on any atom is -0.232 e. The normalized spacial score (nSPS) is 11.0. The zero-order valence-electron chi connectivity index (χ0n) is 9.29. The highest BCUT2D eigenvalue weighted by atomic mass is 127. The smallest absolute Gasteiger partial charge is 0.232 e. The monoisotopic (exact) mass is 380 g/mol. The van der Waals surface area contributed by atoms with Crippen LogP contribution in [0.2, 0.25) is 5.15 Å². The van der Waals surface area contributed by atoms with E-state index in [0.29, 0.717) is 16.5 Å². The molecule has 1 aromatic heterocycles. The fraction of sp³-hybridized carbons (Fsp3) is 0.167. The number of hydrogen-bond donors (Lipinski definition) is 0. The van der Waals surface area contributed by atoms with Crippen LogP contribution < -0.4 is 0 Å². The van der Waals surface area contributed by atoms with Gasteiger partial charge < -0.3 is 0 Å². The Balaban J connectivity index is 2.52. The predicted octanol–water partition coefficient (Wildman–Crippen LogP) is 4.65. The van der Waals surface area contributed by atoms with E-state index in [-0.39, 0.29) is 5.56 Å². The Labute approximate surface area is 122 Å². The molecule has 0 aliphatic carbocycles. The number of aromatic nitrogens is 2. The number of rotatable bonds is 2. The van der Waals surface area contributed by atoms with Crippen LogP contribution in [0.3, 0.4) is 0 Å². The van der Waals surface area contributed by atoms with E-state index >= 15 is 0 Å². The largest absolute Gasteiger partial charge is 0.263 e. The second-order valence-electron chi connectivity index (χ2n) is 3.66. The number of nitrogens with zero attached hydrogens (tertiary/aromatic N) is 2. The van der Waals surface area contributed by atoms with Gasteiger partial charge >= 0.3 is 0 Å². The first-order chi connectivity index (χ1) is 8.49. The van der Waals surface area contributed by atoms with Gasteiger partial charge in [-0.25, -0.2) is 18.7 Å². The van der Waals surface area contributed by atoms with E-state index in [1.165, 1.54) is 12.1 Å². The fourth-order valence-corrected chi connectivity index (χ4v) is 1.92. The number of aryl methyl sites for hydroxylation is 1. The maximum atomic E-state index is 12.6. The van der Waals surface area contributed by atoms with Crippen molar-refractivity contribution in [2.45, 2.75) is 13.3 Å². The van der Waals surface area contributed by atoms with E-state index in [1.54, 1.807) is 19.1 Å². The van der Waals surface area contributed by atoms with Gasteiger partial charge in [0, 0.05) is 11.1 Å². The maximum Gasteiger partial charge on any atom is 0.263 e. The minimum atomic E-state index is -2.51. The molecule has 0 N–H and O–H groups in total. The van der Waals surface area contributed by atoms with Gasteiger partial charge in [-0.15, -0.1) is 0 Å². The van der Waals surface area contributed by atoms with E-state index < -0.39 is 6.43 Å². The molecule has 0 bridgehead atoms. The SMILES string of the molecule is Cc1nc(-c2cccc(C(F)F)c2)nc(Cl)c1I. The Kier molecular flexibility index (Phi) is 4.11. The van der Waals surface area contributed by atoms with Crippen LogP contribution in [0.1, 0.15) is 17.7 Å². The van der Waals surface area contributed by atoms with E-state index in [4.69, 9.17) is 11.6 Å². The van der Waals surface area contributed by atoms with Gasteiger partial charge in [0.15, 0.2) is 5.82 Å². The van der Waals surface area contributed by atoms with E-state index in [1.807, 2.05) is 22.6 Å². The van der Waals surface area contributed by atoms with E-state index in [0.717, 1.165) is 9.26 Å². The summed E-state index contributed by atoms with van der Waals surface area (Å²) in [5, 5.41) is 0.334. The van der Waals surface area contributed by atoms with Gasteiger partial charge in [0.05, 0.1) is 9.26 Å². The van der Waals surface area contributed by atoms with Gasteiger partial charge in [0.1, 0.15) is 5.15 Å². The third-order valence-electron chi connectivity index (χ3n) is 2.37. The van der Waals surface area contributed by atoms with Crippen LogP contribution in [0.15, 0.2) is 24.3 Å². The lowest BCUT2D eigenvalue weighted by atomic mass is 10.1. The number of alkyl halides is 2. The molecule has 0 aliphatic rings. The summed E-state index contributed by atoms with van der Waals surface area (Å²) in [5.74, 6) is 0.361. The highest BCUT2D eigenvalue weighted by molar-refractivity contribution is 14.1. The third kappa shape index (κ3) is 2.77. The molecule has 0 amide bonds. The lowest BCUT2D eigenvalue weighted by molar-refractivity contribution is 0.151. The summed E-state index contributed by atoms with van der Waals surface area (Å²) >= 11 is 8.01. The molecule has 0 saturated heterocycles. The molecule has 0 saturated carbocycles. The molecular formula is C12H8ClF2IN2. The maximum absolute atomic E-state index is 12.6. The van der Waals surface area contributed by atoms with Crippen molar-refractivity contribution in [1.82, 2.24) is 9.97 Å². The first-order valence-electron chi connectivity index (χ1n) is 5.07. The van der Waals surface area contributed by atoms with Crippen molar-refractivity contribution in [2.24, 2.45) is 0 Å². The van der Waals surface area contributed by atoms with Gasteiger partial charge in [-0.3, -0.25) is 0 Å². The van der Waals surface area contributed by atoms with Crippen molar-refractivity contribution in [3.05, 3.63) is 44.2 Å². The molecule has 1 aromatic carbocycles. The Morgan fingerprint density at radius 3 is 2.61 bits per heavy atom. The van der Waals surface area contributed by atoms with Crippen molar-refractivity contribution >= 4 is 34.2 Å². The highest BCUT2D eigenvalue weighted by Gasteiger charge is 2.12. The Bertz CT molecular complexity index is 567. The average Bonchev–Trinajstić information content (AvgIpc) is 2.35. The van der Waals surface area contributed by atoms with Gasteiger partial charge in [0.25, 0.3) is 6.43 Å². The van der Waals surface area contributed by atoms with Crippen LogP contribution in [0, 0.1) is 10.5 Å². The second-order valence-corrected chi connectivity index (χ2v) is 5.10. The molecule has 0 fully saturated rings. The Hall–Kier alpha value is -0.820. The Morgan fingerprint density at radius 2 is 2.00 bits per heavy atom. The van der Waals surface area contributed by atoms with Crippen LogP contribution in [-0.2, 0) is 0 Å². The van der Waals surface area contributed by atoms with Gasteiger partial charge in [-0.1, -0.05) is 29.8 Å². The summed E-state index contributed by atoms with van der Waals surface area (Å²) in [6.07, 6.45) is -2.51. The summed E-state index contributed by atoms with van der Waals surface area (Å²) in [7, 11) is 0. The number of halogens is 4. The molecule has 0 spiro atoms. The van der Waals surface area contributed by atoms with Crippen LogP contribution in [0.4, 0.5) is 8.78 Å². The lowest BCUT2D eigenvalue weighted by Gasteiger charge is -2.06. The van der Waals surface area contributed by atoms with Crippen molar-refractivity contribution in [1.29, 1.82) is 0 Å². The zero-order chi connectivity index (χ0) is 13.3. The summed E-state index contributed by atoms with van der Waals surface area (Å²) in [6, 6.07) is 5.99. The number of hydrogen-bond acceptors (Lipinski definition) is 2. The molecule has 0 atom stereocenters. The molecule has 1 heterocycles. The summed E-state index contributed by atoms with van der Waals surface area (Å²) < 4.78 is 26.0. The molecule has 2 rings (SSSR count). The van der Waals surface area contributed by atoms with Gasteiger partial charge in [-0.2, -0.15) is 0 Å². The van der Waals surface area contributed by atoms with Crippen LogP contribution in [0.25, 0.3) is 11.4 Å². The quantitative estimate of drug-likeness (QED) is 0.560. The topological polar surface area (TPSA) is 25.8 Å². The molecule has 94 valence electrons. The Morgan fingerprint density at radius 1 is 1.28 bits per heavy atom. The van der Waals surface area contributed by atoms with Gasteiger partial charge in [-0.05, 0) is 35.6 Å².